The number of hydrazone groups is 1. The number of pyridine rings is 1. The molecule has 0 spiro atoms. The van der Waals surface area contributed by atoms with E-state index < -0.39 is 0 Å². The van der Waals surface area contributed by atoms with Crippen molar-refractivity contribution in [3.63, 3.8) is 0 Å². The average molecular weight is 248 g/mol. The molecule has 0 bridgehead atoms. The Bertz CT molecular complexity index is 524. The summed E-state index contributed by atoms with van der Waals surface area (Å²) in [6, 6.07) is 9.04. The first-order valence-electron chi connectivity index (χ1n) is 4.96. The SMILES string of the molecule is Cc1cccc(C=NNc2ccc(Cl)nn2)n1. The van der Waals surface area contributed by atoms with E-state index in [2.05, 4.69) is 25.7 Å². The van der Waals surface area contributed by atoms with E-state index in [-0.39, 0.29) is 0 Å². The lowest BCUT2D eigenvalue weighted by molar-refractivity contribution is 1.02. The first-order chi connectivity index (χ1) is 8.24. The molecule has 0 aliphatic rings. The van der Waals surface area contributed by atoms with E-state index >= 15 is 0 Å². The third-order valence-corrected chi connectivity index (χ3v) is 2.12. The fourth-order valence-electron chi connectivity index (χ4n) is 1.18. The molecule has 0 amide bonds. The molecule has 0 saturated carbocycles. The van der Waals surface area contributed by atoms with Gasteiger partial charge in [-0.1, -0.05) is 17.7 Å². The second-order valence-electron chi connectivity index (χ2n) is 3.32. The fraction of sp³-hybridized carbons (Fsp3) is 0.0909. The van der Waals surface area contributed by atoms with Gasteiger partial charge in [-0.3, -0.25) is 10.4 Å². The summed E-state index contributed by atoms with van der Waals surface area (Å²) >= 11 is 5.61. The molecule has 0 fully saturated rings. The van der Waals surface area contributed by atoms with E-state index in [9.17, 15) is 0 Å². The number of aromatic nitrogens is 3. The zero-order valence-corrected chi connectivity index (χ0v) is 9.89. The van der Waals surface area contributed by atoms with Crippen LogP contribution in [0.5, 0.6) is 0 Å². The number of hydrogen-bond donors (Lipinski definition) is 1. The summed E-state index contributed by atoms with van der Waals surface area (Å²) in [5.41, 5.74) is 4.46. The summed E-state index contributed by atoms with van der Waals surface area (Å²) in [7, 11) is 0. The molecule has 1 N–H and O–H groups in total. The minimum atomic E-state index is 0.347. The number of nitrogens with zero attached hydrogens (tertiary/aromatic N) is 4. The minimum absolute atomic E-state index is 0.347. The lowest BCUT2D eigenvalue weighted by atomic mass is 10.3. The van der Waals surface area contributed by atoms with E-state index in [0.29, 0.717) is 11.0 Å². The average Bonchev–Trinajstić information content (AvgIpc) is 2.32. The molecule has 0 aliphatic carbocycles. The molecule has 5 nitrogen and oxygen atoms in total. The lowest BCUT2D eigenvalue weighted by Gasteiger charge is -1.97. The van der Waals surface area contributed by atoms with Gasteiger partial charge in [0.1, 0.15) is 0 Å². The highest BCUT2D eigenvalue weighted by molar-refractivity contribution is 6.29. The Hall–Kier alpha value is -2.01. The van der Waals surface area contributed by atoms with Gasteiger partial charge in [0, 0.05) is 5.69 Å². The van der Waals surface area contributed by atoms with Crippen LogP contribution < -0.4 is 5.43 Å². The van der Waals surface area contributed by atoms with Crippen LogP contribution >= 0.6 is 11.6 Å². The molecule has 0 unspecified atom stereocenters. The van der Waals surface area contributed by atoms with Crippen LogP contribution in [0.1, 0.15) is 11.4 Å². The van der Waals surface area contributed by atoms with E-state index in [0.717, 1.165) is 11.4 Å². The summed E-state index contributed by atoms with van der Waals surface area (Å²) < 4.78 is 0. The van der Waals surface area contributed by atoms with Crippen LogP contribution in [0.3, 0.4) is 0 Å². The first-order valence-corrected chi connectivity index (χ1v) is 5.34. The van der Waals surface area contributed by atoms with Crippen molar-refractivity contribution in [2.75, 3.05) is 5.43 Å². The van der Waals surface area contributed by atoms with Gasteiger partial charge in [0.15, 0.2) is 11.0 Å². The predicted octanol–water partition coefficient (Wildman–Crippen LogP) is 2.28. The van der Waals surface area contributed by atoms with Crippen LogP contribution in [-0.4, -0.2) is 21.4 Å². The molecule has 2 heterocycles. The van der Waals surface area contributed by atoms with Crippen LogP contribution in [0.2, 0.25) is 5.15 Å². The second kappa shape index (κ2) is 5.36. The zero-order valence-electron chi connectivity index (χ0n) is 9.13. The number of aryl methyl sites for hydroxylation is 1. The number of hydrogen-bond acceptors (Lipinski definition) is 5. The molecule has 0 saturated heterocycles. The van der Waals surface area contributed by atoms with Crippen LogP contribution in [0.15, 0.2) is 35.4 Å². The summed E-state index contributed by atoms with van der Waals surface area (Å²) in [6.07, 6.45) is 1.61. The van der Waals surface area contributed by atoms with Gasteiger partial charge in [0.25, 0.3) is 0 Å². The summed E-state index contributed by atoms with van der Waals surface area (Å²) in [5, 5.41) is 11.8. The Morgan fingerprint density at radius 1 is 1.24 bits per heavy atom. The maximum atomic E-state index is 5.61. The van der Waals surface area contributed by atoms with Gasteiger partial charge in [0.2, 0.25) is 0 Å². The van der Waals surface area contributed by atoms with E-state index in [1.54, 1.807) is 18.3 Å². The monoisotopic (exact) mass is 247 g/mol. The van der Waals surface area contributed by atoms with Gasteiger partial charge in [-0.2, -0.15) is 5.10 Å². The third kappa shape index (κ3) is 3.49. The summed E-state index contributed by atoms with van der Waals surface area (Å²) in [5.74, 6) is 0.526. The molecule has 0 radical (unpaired) electrons. The molecule has 2 aromatic heterocycles. The van der Waals surface area contributed by atoms with Gasteiger partial charge in [-0.25, -0.2) is 0 Å². The molecular formula is C11H10ClN5. The Morgan fingerprint density at radius 2 is 2.12 bits per heavy atom. The molecule has 2 aromatic rings. The van der Waals surface area contributed by atoms with Gasteiger partial charge < -0.3 is 0 Å². The molecule has 2 rings (SSSR count). The Labute approximate surface area is 104 Å². The molecule has 0 aliphatic heterocycles. The molecule has 86 valence electrons. The molecule has 0 atom stereocenters. The molecular weight excluding hydrogens is 238 g/mol. The summed E-state index contributed by atoms with van der Waals surface area (Å²) in [6.45, 7) is 1.93. The van der Waals surface area contributed by atoms with Gasteiger partial charge in [-0.05, 0) is 31.2 Å². The van der Waals surface area contributed by atoms with E-state index in [1.807, 2.05) is 25.1 Å². The summed E-state index contributed by atoms with van der Waals surface area (Å²) in [4.78, 5) is 4.27. The van der Waals surface area contributed by atoms with Crippen molar-refractivity contribution in [1.29, 1.82) is 0 Å². The smallest absolute Gasteiger partial charge is 0.168 e. The van der Waals surface area contributed by atoms with Gasteiger partial charge >= 0.3 is 0 Å². The van der Waals surface area contributed by atoms with E-state index in [1.165, 1.54) is 0 Å². The topological polar surface area (TPSA) is 63.1 Å². The number of halogens is 1. The highest BCUT2D eigenvalue weighted by atomic mass is 35.5. The third-order valence-electron chi connectivity index (χ3n) is 1.92. The van der Waals surface area contributed by atoms with Crippen LogP contribution in [0, 0.1) is 6.92 Å². The number of anilines is 1. The van der Waals surface area contributed by atoms with E-state index in [4.69, 9.17) is 11.6 Å². The van der Waals surface area contributed by atoms with Crippen LogP contribution in [0.25, 0.3) is 0 Å². The maximum absolute atomic E-state index is 5.61. The normalized spacial score (nSPS) is 10.7. The van der Waals surface area contributed by atoms with Crippen LogP contribution in [-0.2, 0) is 0 Å². The molecule has 17 heavy (non-hydrogen) atoms. The fourth-order valence-corrected chi connectivity index (χ4v) is 1.28. The maximum Gasteiger partial charge on any atom is 0.168 e. The van der Waals surface area contributed by atoms with Crippen molar-refractivity contribution < 1.29 is 0 Å². The lowest BCUT2D eigenvalue weighted by Crippen LogP contribution is -1.96. The van der Waals surface area contributed by atoms with Crippen molar-refractivity contribution in [1.82, 2.24) is 15.2 Å². The predicted molar refractivity (Wildman–Crippen MR) is 67.2 cm³/mol. The van der Waals surface area contributed by atoms with Crippen molar-refractivity contribution in [2.24, 2.45) is 5.10 Å². The number of nitrogens with one attached hydrogen (secondary N) is 1. The standard InChI is InChI=1S/C11H10ClN5/c1-8-3-2-4-9(14-8)7-13-16-11-6-5-10(12)15-17-11/h2-7H,1H3,(H,16,17). The highest BCUT2D eigenvalue weighted by Crippen LogP contribution is 2.05. The van der Waals surface area contributed by atoms with Gasteiger partial charge in [0.05, 0.1) is 11.9 Å². The second-order valence-corrected chi connectivity index (χ2v) is 3.70. The highest BCUT2D eigenvalue weighted by Gasteiger charge is 1.93. The van der Waals surface area contributed by atoms with Crippen molar-refractivity contribution in [3.05, 3.63) is 46.9 Å². The number of rotatable bonds is 3. The van der Waals surface area contributed by atoms with Crippen molar-refractivity contribution in [2.45, 2.75) is 6.92 Å². The molecule has 6 heteroatoms. The van der Waals surface area contributed by atoms with Crippen molar-refractivity contribution >= 4 is 23.6 Å². The van der Waals surface area contributed by atoms with Crippen LogP contribution in [0.4, 0.5) is 5.82 Å². The first kappa shape index (κ1) is 11.5. The minimum Gasteiger partial charge on any atom is -0.260 e. The Balaban J connectivity index is 2.00. The zero-order chi connectivity index (χ0) is 12.1. The van der Waals surface area contributed by atoms with Gasteiger partial charge in [-0.15, -0.1) is 10.2 Å². The Morgan fingerprint density at radius 3 is 2.82 bits per heavy atom. The van der Waals surface area contributed by atoms with Crippen molar-refractivity contribution in [3.8, 4) is 0 Å². The molecule has 0 aromatic carbocycles. The largest absolute Gasteiger partial charge is 0.260 e. The quantitative estimate of drug-likeness (QED) is 0.668. The Kier molecular flexibility index (Phi) is 3.62.